The van der Waals surface area contributed by atoms with Crippen LogP contribution in [0, 0.1) is 0 Å². The molecular formula is C14H30N2O3S. The summed E-state index contributed by atoms with van der Waals surface area (Å²) in [5.41, 5.74) is 0. The monoisotopic (exact) mass is 306 g/mol. The van der Waals surface area contributed by atoms with Crippen LogP contribution in [0.4, 0.5) is 0 Å². The molecule has 1 aliphatic heterocycles. The molecule has 1 aliphatic rings. The number of sulfonamides is 1. The van der Waals surface area contributed by atoms with E-state index in [4.69, 9.17) is 4.74 Å². The van der Waals surface area contributed by atoms with E-state index in [1.54, 1.807) is 20.9 Å². The predicted octanol–water partition coefficient (Wildman–Crippen LogP) is 1.55. The van der Waals surface area contributed by atoms with E-state index in [9.17, 15) is 8.42 Å². The average molecular weight is 306 g/mol. The second-order valence-corrected chi connectivity index (χ2v) is 8.47. The van der Waals surface area contributed by atoms with Gasteiger partial charge in [0.25, 0.3) is 0 Å². The molecule has 20 heavy (non-hydrogen) atoms. The Hall–Kier alpha value is -0.170. The van der Waals surface area contributed by atoms with Gasteiger partial charge in [0.2, 0.25) is 10.0 Å². The molecule has 0 saturated carbocycles. The number of ether oxygens (including phenoxy) is 1. The van der Waals surface area contributed by atoms with Crippen molar-refractivity contribution in [1.29, 1.82) is 0 Å². The molecule has 0 N–H and O–H groups in total. The molecule has 0 aromatic rings. The fourth-order valence-electron chi connectivity index (χ4n) is 2.43. The Morgan fingerprint density at radius 3 is 2.65 bits per heavy atom. The van der Waals surface area contributed by atoms with Gasteiger partial charge in [-0.25, -0.2) is 12.7 Å². The van der Waals surface area contributed by atoms with Crippen LogP contribution in [0.1, 0.15) is 40.0 Å². The third-order valence-corrected chi connectivity index (χ3v) is 6.00. The fourth-order valence-corrected chi connectivity index (χ4v) is 3.52. The van der Waals surface area contributed by atoms with Gasteiger partial charge in [0.05, 0.1) is 18.0 Å². The Bertz CT molecular complexity index is 371. The zero-order valence-electron chi connectivity index (χ0n) is 13.3. The van der Waals surface area contributed by atoms with E-state index in [0.717, 1.165) is 19.6 Å². The van der Waals surface area contributed by atoms with Gasteiger partial charge >= 0.3 is 0 Å². The number of likely N-dealkylation sites (N-methyl/N-ethyl adjacent to an activating group) is 1. The molecule has 0 spiro atoms. The summed E-state index contributed by atoms with van der Waals surface area (Å²) in [5.74, 6) is 0. The van der Waals surface area contributed by atoms with Gasteiger partial charge in [-0.2, -0.15) is 0 Å². The first-order valence-electron chi connectivity index (χ1n) is 7.67. The summed E-state index contributed by atoms with van der Waals surface area (Å²) in [6, 6.07) is 0. The lowest BCUT2D eigenvalue weighted by atomic mass is 10.2. The SMILES string of the molecule is CCCCCN1CCOC(CN(C)S(=O)(=O)C(C)C)C1. The van der Waals surface area contributed by atoms with Crippen LogP contribution in [0.3, 0.4) is 0 Å². The van der Waals surface area contributed by atoms with Crippen LogP contribution >= 0.6 is 0 Å². The summed E-state index contributed by atoms with van der Waals surface area (Å²) in [7, 11) is -1.53. The summed E-state index contributed by atoms with van der Waals surface area (Å²) in [4.78, 5) is 2.39. The van der Waals surface area contributed by atoms with Gasteiger partial charge in [-0.3, -0.25) is 4.90 Å². The van der Waals surface area contributed by atoms with Crippen molar-refractivity contribution in [3.8, 4) is 0 Å². The topological polar surface area (TPSA) is 49.9 Å². The van der Waals surface area contributed by atoms with E-state index in [1.165, 1.54) is 23.6 Å². The lowest BCUT2D eigenvalue weighted by Crippen LogP contribution is -2.48. The van der Waals surface area contributed by atoms with Gasteiger partial charge in [0.1, 0.15) is 0 Å². The zero-order valence-corrected chi connectivity index (χ0v) is 14.2. The first-order valence-corrected chi connectivity index (χ1v) is 9.17. The van der Waals surface area contributed by atoms with Crippen LogP contribution in [0.5, 0.6) is 0 Å². The van der Waals surface area contributed by atoms with Crippen LogP contribution in [0.2, 0.25) is 0 Å². The van der Waals surface area contributed by atoms with E-state index in [1.807, 2.05) is 0 Å². The number of morpholine rings is 1. The molecule has 0 bridgehead atoms. The highest BCUT2D eigenvalue weighted by Gasteiger charge is 2.27. The molecule has 0 aromatic heterocycles. The van der Waals surface area contributed by atoms with Gasteiger partial charge in [-0.05, 0) is 26.8 Å². The predicted molar refractivity (Wildman–Crippen MR) is 82.4 cm³/mol. The molecule has 0 aromatic carbocycles. The third kappa shape index (κ3) is 5.31. The van der Waals surface area contributed by atoms with Crippen molar-refractivity contribution >= 4 is 10.0 Å². The summed E-state index contributed by atoms with van der Waals surface area (Å²) in [6.45, 7) is 9.66. The van der Waals surface area contributed by atoms with Crippen molar-refractivity contribution in [1.82, 2.24) is 9.21 Å². The average Bonchev–Trinajstić information content (AvgIpc) is 2.39. The molecule has 5 nitrogen and oxygen atoms in total. The highest BCUT2D eigenvalue weighted by Crippen LogP contribution is 2.12. The Morgan fingerprint density at radius 2 is 2.05 bits per heavy atom. The normalized spacial score (nSPS) is 21.8. The second-order valence-electron chi connectivity index (χ2n) is 5.87. The van der Waals surface area contributed by atoms with Crippen LogP contribution in [0.25, 0.3) is 0 Å². The summed E-state index contributed by atoms with van der Waals surface area (Å²) in [6.07, 6.45) is 3.68. The lowest BCUT2D eigenvalue weighted by molar-refractivity contribution is -0.0337. The number of hydrogen-bond donors (Lipinski definition) is 0. The molecular weight excluding hydrogens is 276 g/mol. The highest BCUT2D eigenvalue weighted by molar-refractivity contribution is 7.89. The van der Waals surface area contributed by atoms with Crippen molar-refractivity contribution in [3.05, 3.63) is 0 Å². The first kappa shape index (κ1) is 17.9. The van der Waals surface area contributed by atoms with Crippen LogP contribution in [-0.4, -0.2) is 68.8 Å². The smallest absolute Gasteiger partial charge is 0.216 e. The van der Waals surface area contributed by atoms with E-state index in [2.05, 4.69) is 11.8 Å². The van der Waals surface area contributed by atoms with Crippen molar-refractivity contribution in [2.75, 3.05) is 39.8 Å². The van der Waals surface area contributed by atoms with E-state index >= 15 is 0 Å². The van der Waals surface area contributed by atoms with E-state index in [-0.39, 0.29) is 11.4 Å². The second kappa shape index (κ2) is 8.32. The molecule has 0 amide bonds. The van der Waals surface area contributed by atoms with Crippen molar-refractivity contribution < 1.29 is 13.2 Å². The van der Waals surface area contributed by atoms with Crippen LogP contribution in [0.15, 0.2) is 0 Å². The van der Waals surface area contributed by atoms with Gasteiger partial charge in [0.15, 0.2) is 0 Å². The maximum absolute atomic E-state index is 12.1. The van der Waals surface area contributed by atoms with Gasteiger partial charge < -0.3 is 4.74 Å². The summed E-state index contributed by atoms with van der Waals surface area (Å²) >= 11 is 0. The van der Waals surface area contributed by atoms with Gasteiger partial charge in [-0.1, -0.05) is 19.8 Å². The first-order chi connectivity index (χ1) is 9.37. The number of nitrogens with zero attached hydrogens (tertiary/aromatic N) is 2. The van der Waals surface area contributed by atoms with E-state index in [0.29, 0.717) is 13.2 Å². The van der Waals surface area contributed by atoms with Crippen molar-refractivity contribution in [2.45, 2.75) is 51.4 Å². The molecule has 0 aliphatic carbocycles. The molecule has 1 heterocycles. The maximum Gasteiger partial charge on any atom is 0.216 e. The molecule has 0 radical (unpaired) electrons. The standard InChI is InChI=1S/C14H30N2O3S/c1-5-6-7-8-16-9-10-19-14(12-16)11-15(4)20(17,18)13(2)3/h13-14H,5-12H2,1-4H3. The largest absolute Gasteiger partial charge is 0.374 e. The molecule has 1 fully saturated rings. The molecule has 1 saturated heterocycles. The number of hydrogen-bond acceptors (Lipinski definition) is 4. The van der Waals surface area contributed by atoms with E-state index < -0.39 is 10.0 Å². The Balaban J connectivity index is 2.44. The number of unbranched alkanes of at least 4 members (excludes halogenated alkanes) is 2. The van der Waals surface area contributed by atoms with Crippen LogP contribution in [-0.2, 0) is 14.8 Å². The van der Waals surface area contributed by atoms with Crippen LogP contribution < -0.4 is 0 Å². The number of rotatable bonds is 8. The summed E-state index contributed by atoms with van der Waals surface area (Å²) in [5, 5.41) is -0.378. The zero-order chi connectivity index (χ0) is 15.2. The summed E-state index contributed by atoms with van der Waals surface area (Å²) < 4.78 is 31.3. The van der Waals surface area contributed by atoms with Gasteiger partial charge in [0, 0.05) is 26.7 Å². The minimum Gasteiger partial charge on any atom is -0.374 e. The lowest BCUT2D eigenvalue weighted by Gasteiger charge is -2.34. The molecule has 1 rings (SSSR count). The Kier molecular flexibility index (Phi) is 7.43. The Morgan fingerprint density at radius 1 is 1.35 bits per heavy atom. The van der Waals surface area contributed by atoms with Crippen molar-refractivity contribution in [3.63, 3.8) is 0 Å². The highest BCUT2D eigenvalue weighted by atomic mass is 32.2. The van der Waals surface area contributed by atoms with Gasteiger partial charge in [-0.15, -0.1) is 0 Å². The Labute approximate surface area is 124 Å². The fraction of sp³-hybridized carbons (Fsp3) is 1.00. The molecule has 120 valence electrons. The minimum absolute atomic E-state index is 0.0103. The maximum atomic E-state index is 12.1. The third-order valence-electron chi connectivity index (χ3n) is 3.79. The quantitative estimate of drug-likeness (QED) is 0.638. The van der Waals surface area contributed by atoms with Crippen molar-refractivity contribution in [2.24, 2.45) is 0 Å². The molecule has 1 atom stereocenters. The minimum atomic E-state index is -3.18. The molecule has 6 heteroatoms. The molecule has 1 unspecified atom stereocenters.